The summed E-state index contributed by atoms with van der Waals surface area (Å²) in [5.41, 5.74) is 2.75. The van der Waals surface area contributed by atoms with E-state index in [1.807, 2.05) is 46.5 Å². The number of aryl methyl sites for hydroxylation is 1. The Morgan fingerprint density at radius 3 is 2.74 bits per heavy atom. The number of rotatable bonds is 6. The van der Waals surface area contributed by atoms with E-state index in [-0.39, 0.29) is 12.3 Å². The molecule has 9 heteroatoms. The van der Waals surface area contributed by atoms with Crippen LogP contribution in [0.25, 0.3) is 22.6 Å². The highest BCUT2D eigenvalue weighted by Gasteiger charge is 2.12. The molecule has 3 heterocycles. The second-order valence-corrected chi connectivity index (χ2v) is 8.17. The summed E-state index contributed by atoms with van der Waals surface area (Å²) in [6.07, 6.45) is 0.631. The van der Waals surface area contributed by atoms with Gasteiger partial charge in [-0.25, -0.2) is 4.98 Å². The lowest BCUT2D eigenvalue weighted by molar-refractivity contribution is -0.116. The van der Waals surface area contributed by atoms with Gasteiger partial charge in [-0.15, -0.1) is 11.3 Å². The Hall–Kier alpha value is -2.36. The summed E-state index contributed by atoms with van der Waals surface area (Å²) in [4.78, 5) is 21.0. The fourth-order valence-electron chi connectivity index (χ4n) is 2.35. The number of thiophene rings is 1. The smallest absolute Gasteiger partial charge is 0.227 e. The van der Waals surface area contributed by atoms with E-state index in [9.17, 15) is 4.79 Å². The summed E-state index contributed by atoms with van der Waals surface area (Å²) in [5.74, 6) is 0.855. The maximum Gasteiger partial charge on any atom is 0.227 e. The molecular weight excluding hydrogens is 448 g/mol. The number of amides is 1. The van der Waals surface area contributed by atoms with E-state index in [4.69, 9.17) is 4.52 Å². The molecule has 1 N–H and O–H groups in total. The minimum atomic E-state index is -0.137. The van der Waals surface area contributed by atoms with Crippen LogP contribution < -0.4 is 5.32 Å². The first-order chi connectivity index (χ1) is 13.2. The summed E-state index contributed by atoms with van der Waals surface area (Å²) >= 11 is 6.38. The molecule has 0 spiro atoms. The Labute approximate surface area is 171 Å². The van der Waals surface area contributed by atoms with Crippen molar-refractivity contribution in [3.63, 3.8) is 0 Å². The topological polar surface area (TPSA) is 80.9 Å². The van der Waals surface area contributed by atoms with Crippen LogP contribution in [0.15, 0.2) is 55.5 Å². The van der Waals surface area contributed by atoms with Crippen LogP contribution in [-0.2, 0) is 11.2 Å². The summed E-state index contributed by atoms with van der Waals surface area (Å²) in [6, 6.07) is 9.80. The van der Waals surface area contributed by atoms with Gasteiger partial charge in [-0.05, 0) is 23.6 Å². The van der Waals surface area contributed by atoms with Gasteiger partial charge in [0, 0.05) is 39.2 Å². The van der Waals surface area contributed by atoms with Gasteiger partial charge in [0.15, 0.2) is 5.13 Å². The van der Waals surface area contributed by atoms with E-state index in [0.717, 1.165) is 21.3 Å². The highest BCUT2D eigenvalue weighted by Crippen LogP contribution is 2.26. The fourth-order valence-corrected chi connectivity index (χ4v) is 3.99. The molecule has 0 atom stereocenters. The van der Waals surface area contributed by atoms with Crippen LogP contribution in [-0.4, -0.2) is 21.0 Å². The first kappa shape index (κ1) is 18.0. The van der Waals surface area contributed by atoms with Crippen molar-refractivity contribution in [2.24, 2.45) is 0 Å². The predicted molar refractivity (Wildman–Crippen MR) is 110 cm³/mol. The zero-order chi connectivity index (χ0) is 18.6. The Balaban J connectivity index is 1.33. The van der Waals surface area contributed by atoms with Crippen molar-refractivity contribution in [2.45, 2.75) is 12.8 Å². The number of hydrogen-bond donors (Lipinski definition) is 1. The summed E-state index contributed by atoms with van der Waals surface area (Å²) in [7, 11) is 0. The van der Waals surface area contributed by atoms with Crippen molar-refractivity contribution in [3.05, 3.63) is 56.8 Å². The lowest BCUT2D eigenvalue weighted by atomic mass is 10.2. The zero-order valence-electron chi connectivity index (χ0n) is 13.9. The third kappa shape index (κ3) is 4.49. The van der Waals surface area contributed by atoms with Crippen LogP contribution in [0, 0.1) is 0 Å². The minimum absolute atomic E-state index is 0.137. The number of thiazole rings is 1. The number of carbonyl (C=O) groups excluding carboxylic acids is 1. The molecule has 0 bridgehead atoms. The number of anilines is 1. The third-order valence-corrected chi connectivity index (χ3v) is 5.67. The van der Waals surface area contributed by atoms with E-state index in [1.54, 1.807) is 11.3 Å². The van der Waals surface area contributed by atoms with Crippen LogP contribution in [0.4, 0.5) is 5.13 Å². The van der Waals surface area contributed by atoms with Gasteiger partial charge in [0.2, 0.25) is 17.6 Å². The van der Waals surface area contributed by atoms with Crippen LogP contribution in [0.5, 0.6) is 0 Å². The first-order valence-electron chi connectivity index (χ1n) is 8.04. The van der Waals surface area contributed by atoms with Crippen molar-refractivity contribution in [3.8, 4) is 22.6 Å². The quantitative estimate of drug-likeness (QED) is 0.424. The van der Waals surface area contributed by atoms with Gasteiger partial charge in [-0.1, -0.05) is 33.2 Å². The SMILES string of the molecule is O=C(CCc1nc(-c2ccsc2)no1)Nc1nc(-c2ccc(Br)cc2)cs1. The van der Waals surface area contributed by atoms with E-state index in [2.05, 4.69) is 36.4 Å². The van der Waals surface area contributed by atoms with E-state index in [1.165, 1.54) is 11.3 Å². The third-order valence-electron chi connectivity index (χ3n) is 3.70. The van der Waals surface area contributed by atoms with E-state index < -0.39 is 0 Å². The molecule has 27 heavy (non-hydrogen) atoms. The molecule has 0 aliphatic rings. The summed E-state index contributed by atoms with van der Waals surface area (Å²) in [6.45, 7) is 0. The van der Waals surface area contributed by atoms with Crippen LogP contribution in [0.2, 0.25) is 0 Å². The molecule has 0 unspecified atom stereocenters. The molecule has 3 aromatic heterocycles. The van der Waals surface area contributed by atoms with Crippen LogP contribution in [0.3, 0.4) is 0 Å². The summed E-state index contributed by atoms with van der Waals surface area (Å²) in [5, 5.41) is 13.2. The average molecular weight is 461 g/mol. The second kappa shape index (κ2) is 8.12. The number of halogens is 1. The zero-order valence-corrected chi connectivity index (χ0v) is 17.1. The van der Waals surface area contributed by atoms with Crippen molar-refractivity contribution >= 4 is 49.6 Å². The lowest BCUT2D eigenvalue weighted by Gasteiger charge is -1.99. The molecule has 0 aliphatic heterocycles. The molecule has 0 saturated carbocycles. The number of benzene rings is 1. The summed E-state index contributed by atoms with van der Waals surface area (Å²) < 4.78 is 6.22. The largest absolute Gasteiger partial charge is 0.339 e. The lowest BCUT2D eigenvalue weighted by Crippen LogP contribution is -2.12. The normalized spacial score (nSPS) is 10.9. The van der Waals surface area contributed by atoms with Gasteiger partial charge < -0.3 is 9.84 Å². The number of nitrogens with zero attached hydrogens (tertiary/aromatic N) is 3. The molecule has 1 amide bonds. The molecule has 4 rings (SSSR count). The van der Waals surface area contributed by atoms with Crippen molar-refractivity contribution in [1.82, 2.24) is 15.1 Å². The molecule has 0 aliphatic carbocycles. The van der Waals surface area contributed by atoms with Gasteiger partial charge in [-0.2, -0.15) is 16.3 Å². The van der Waals surface area contributed by atoms with Crippen molar-refractivity contribution < 1.29 is 9.32 Å². The van der Waals surface area contributed by atoms with Crippen LogP contribution in [0.1, 0.15) is 12.3 Å². The van der Waals surface area contributed by atoms with Gasteiger partial charge in [-0.3, -0.25) is 4.79 Å². The standard InChI is InChI=1S/C18H13BrN4O2S2/c19-13-3-1-11(2-4-13)14-10-27-18(20-14)21-15(24)5-6-16-22-17(23-25-16)12-7-8-26-9-12/h1-4,7-10H,5-6H2,(H,20,21,24). The van der Waals surface area contributed by atoms with E-state index >= 15 is 0 Å². The van der Waals surface area contributed by atoms with Crippen LogP contribution >= 0.6 is 38.6 Å². The van der Waals surface area contributed by atoms with Gasteiger partial charge in [0.05, 0.1) is 5.69 Å². The van der Waals surface area contributed by atoms with Gasteiger partial charge in [0.25, 0.3) is 0 Å². The number of nitrogens with one attached hydrogen (secondary N) is 1. The molecule has 0 radical (unpaired) electrons. The average Bonchev–Trinajstić information content (AvgIpc) is 3.42. The molecule has 6 nitrogen and oxygen atoms in total. The monoisotopic (exact) mass is 460 g/mol. The highest BCUT2D eigenvalue weighted by atomic mass is 79.9. The molecule has 0 fully saturated rings. The Morgan fingerprint density at radius 2 is 1.96 bits per heavy atom. The van der Waals surface area contributed by atoms with Gasteiger partial charge in [0.1, 0.15) is 0 Å². The fraction of sp³-hybridized carbons (Fsp3) is 0.111. The first-order valence-corrected chi connectivity index (χ1v) is 10.7. The maximum absolute atomic E-state index is 12.2. The van der Waals surface area contributed by atoms with E-state index in [0.29, 0.717) is 23.3 Å². The van der Waals surface area contributed by atoms with Crippen molar-refractivity contribution in [1.29, 1.82) is 0 Å². The maximum atomic E-state index is 12.2. The second-order valence-electron chi connectivity index (χ2n) is 5.62. The van der Waals surface area contributed by atoms with Crippen molar-refractivity contribution in [2.75, 3.05) is 5.32 Å². The molecular formula is C18H13BrN4O2S2. The molecule has 1 aromatic carbocycles. The minimum Gasteiger partial charge on any atom is -0.339 e. The number of carbonyl (C=O) groups is 1. The molecule has 0 saturated heterocycles. The van der Waals surface area contributed by atoms with Gasteiger partial charge >= 0.3 is 0 Å². The Morgan fingerprint density at radius 1 is 1.11 bits per heavy atom. The molecule has 136 valence electrons. The highest BCUT2D eigenvalue weighted by molar-refractivity contribution is 9.10. The predicted octanol–water partition coefficient (Wildman–Crippen LogP) is 5.26. The molecule has 4 aromatic rings. The Kier molecular flexibility index (Phi) is 5.42. The number of aromatic nitrogens is 3. The Bertz CT molecular complexity index is 1040. The number of hydrogen-bond acceptors (Lipinski definition) is 7.